The van der Waals surface area contributed by atoms with E-state index in [1.54, 1.807) is 17.2 Å². The summed E-state index contributed by atoms with van der Waals surface area (Å²) in [5.41, 5.74) is 0.470. The summed E-state index contributed by atoms with van der Waals surface area (Å²) in [6.07, 6.45) is 3.48. The van der Waals surface area contributed by atoms with Crippen LogP contribution in [0.2, 0.25) is 0 Å². The van der Waals surface area contributed by atoms with Crippen molar-refractivity contribution in [2.24, 2.45) is 0 Å². The number of furan rings is 1. The van der Waals surface area contributed by atoms with E-state index in [4.69, 9.17) is 9.15 Å². The van der Waals surface area contributed by atoms with Crippen LogP contribution in [0, 0.1) is 10.1 Å². The van der Waals surface area contributed by atoms with Gasteiger partial charge in [0.2, 0.25) is 0 Å². The molecule has 132 valence electrons. The SMILES string of the molecule is O=C(Nc1ccc([N+](=O)[O-])cc1)N(Cc1ccco1)CC1CCCO1. The summed E-state index contributed by atoms with van der Waals surface area (Å²) < 4.78 is 11.0. The maximum absolute atomic E-state index is 12.6. The molecule has 8 heteroatoms. The Balaban J connectivity index is 1.67. The van der Waals surface area contributed by atoms with Crippen LogP contribution in [0.4, 0.5) is 16.2 Å². The number of nitrogens with zero attached hydrogens (tertiary/aromatic N) is 2. The summed E-state index contributed by atoms with van der Waals surface area (Å²) in [4.78, 5) is 24.5. The van der Waals surface area contributed by atoms with E-state index in [0.717, 1.165) is 12.8 Å². The molecule has 3 rings (SSSR count). The maximum Gasteiger partial charge on any atom is 0.322 e. The summed E-state index contributed by atoms with van der Waals surface area (Å²) in [5.74, 6) is 0.678. The number of nitro benzene ring substituents is 1. The molecule has 1 atom stereocenters. The van der Waals surface area contributed by atoms with Gasteiger partial charge in [-0.05, 0) is 37.1 Å². The molecule has 2 heterocycles. The molecular weight excluding hydrogens is 326 g/mol. The molecule has 1 fully saturated rings. The number of ether oxygens (including phenoxy) is 1. The van der Waals surface area contributed by atoms with Crippen LogP contribution in [0.1, 0.15) is 18.6 Å². The number of rotatable bonds is 6. The van der Waals surface area contributed by atoms with E-state index in [1.807, 2.05) is 6.07 Å². The first kappa shape index (κ1) is 17.0. The van der Waals surface area contributed by atoms with Crippen molar-refractivity contribution in [1.82, 2.24) is 4.90 Å². The van der Waals surface area contributed by atoms with E-state index in [1.165, 1.54) is 24.3 Å². The summed E-state index contributed by atoms with van der Waals surface area (Å²) in [6.45, 7) is 1.49. The summed E-state index contributed by atoms with van der Waals surface area (Å²) in [5, 5.41) is 13.5. The minimum Gasteiger partial charge on any atom is -0.467 e. The number of non-ortho nitro benzene ring substituents is 1. The molecular formula is C17H19N3O5. The predicted octanol–water partition coefficient (Wildman–Crippen LogP) is 3.40. The standard InChI is InChI=1S/C17H19N3O5/c21-17(18-13-5-7-14(8-6-13)20(22)23)19(11-15-3-1-9-24-15)12-16-4-2-10-25-16/h1,3,5-9,16H,2,4,10-12H2,(H,18,21). The van der Waals surface area contributed by atoms with Gasteiger partial charge in [-0.3, -0.25) is 10.1 Å². The molecule has 1 N–H and O–H groups in total. The highest BCUT2D eigenvalue weighted by molar-refractivity contribution is 5.89. The van der Waals surface area contributed by atoms with Crippen molar-refractivity contribution in [2.45, 2.75) is 25.5 Å². The molecule has 25 heavy (non-hydrogen) atoms. The highest BCUT2D eigenvalue weighted by Gasteiger charge is 2.23. The number of anilines is 1. The van der Waals surface area contributed by atoms with E-state index in [-0.39, 0.29) is 17.8 Å². The van der Waals surface area contributed by atoms with E-state index in [9.17, 15) is 14.9 Å². The van der Waals surface area contributed by atoms with Gasteiger partial charge in [-0.25, -0.2) is 4.79 Å². The Morgan fingerprint density at radius 3 is 2.72 bits per heavy atom. The second kappa shape index (κ2) is 7.80. The molecule has 1 aliphatic rings. The molecule has 1 saturated heterocycles. The summed E-state index contributed by atoms with van der Waals surface area (Å²) >= 11 is 0. The third-order valence-electron chi connectivity index (χ3n) is 3.99. The molecule has 1 unspecified atom stereocenters. The van der Waals surface area contributed by atoms with Crippen LogP contribution in [-0.4, -0.2) is 35.1 Å². The third-order valence-corrected chi connectivity index (χ3v) is 3.99. The molecule has 0 radical (unpaired) electrons. The monoisotopic (exact) mass is 345 g/mol. The minimum atomic E-state index is -0.480. The number of carbonyl (C=O) groups is 1. The van der Waals surface area contributed by atoms with E-state index in [0.29, 0.717) is 31.1 Å². The van der Waals surface area contributed by atoms with Crippen molar-refractivity contribution in [3.8, 4) is 0 Å². The fourth-order valence-electron chi connectivity index (χ4n) is 2.71. The molecule has 0 spiro atoms. The van der Waals surface area contributed by atoms with Gasteiger partial charge >= 0.3 is 6.03 Å². The van der Waals surface area contributed by atoms with Gasteiger partial charge in [0.25, 0.3) is 5.69 Å². The number of benzene rings is 1. The van der Waals surface area contributed by atoms with E-state index in [2.05, 4.69) is 5.32 Å². The van der Waals surface area contributed by atoms with Gasteiger partial charge in [0.05, 0.1) is 23.8 Å². The minimum absolute atomic E-state index is 0.0116. The normalized spacial score (nSPS) is 16.6. The van der Waals surface area contributed by atoms with Crippen molar-refractivity contribution in [3.63, 3.8) is 0 Å². The average Bonchev–Trinajstić information content (AvgIpc) is 3.28. The molecule has 0 bridgehead atoms. The van der Waals surface area contributed by atoms with Gasteiger partial charge in [-0.1, -0.05) is 0 Å². The number of nitrogens with one attached hydrogen (secondary N) is 1. The van der Waals surface area contributed by atoms with Crippen LogP contribution in [0.5, 0.6) is 0 Å². The van der Waals surface area contributed by atoms with E-state index >= 15 is 0 Å². The molecule has 1 aliphatic heterocycles. The first-order valence-electron chi connectivity index (χ1n) is 8.06. The molecule has 0 saturated carbocycles. The van der Waals surface area contributed by atoms with Crippen molar-refractivity contribution in [3.05, 3.63) is 58.5 Å². The number of carbonyl (C=O) groups excluding carboxylic acids is 1. The van der Waals surface area contributed by atoms with Gasteiger partial charge in [-0.2, -0.15) is 0 Å². The Labute approximate surface area is 144 Å². The molecule has 1 aromatic heterocycles. The molecule has 2 amide bonds. The van der Waals surface area contributed by atoms with Gasteiger partial charge in [0, 0.05) is 31.0 Å². The fourth-order valence-corrected chi connectivity index (χ4v) is 2.71. The van der Waals surface area contributed by atoms with Gasteiger partial charge < -0.3 is 19.4 Å². The van der Waals surface area contributed by atoms with Crippen LogP contribution in [0.3, 0.4) is 0 Å². The molecule has 0 aliphatic carbocycles. The van der Waals surface area contributed by atoms with E-state index < -0.39 is 4.92 Å². The number of hydrogen-bond donors (Lipinski definition) is 1. The first-order valence-corrected chi connectivity index (χ1v) is 8.06. The quantitative estimate of drug-likeness (QED) is 0.639. The highest BCUT2D eigenvalue weighted by atomic mass is 16.6. The third kappa shape index (κ3) is 4.57. The molecule has 1 aromatic carbocycles. The first-order chi connectivity index (χ1) is 12.1. The Morgan fingerprint density at radius 2 is 2.12 bits per heavy atom. The summed E-state index contributed by atoms with van der Waals surface area (Å²) in [7, 11) is 0. The lowest BCUT2D eigenvalue weighted by Crippen LogP contribution is -2.39. The second-order valence-corrected chi connectivity index (χ2v) is 5.83. The fraction of sp³-hybridized carbons (Fsp3) is 0.353. The van der Waals surface area contributed by atoms with Crippen molar-refractivity contribution in [1.29, 1.82) is 0 Å². The van der Waals surface area contributed by atoms with Crippen LogP contribution < -0.4 is 5.32 Å². The van der Waals surface area contributed by atoms with Gasteiger partial charge in [0.1, 0.15) is 5.76 Å². The Hall–Kier alpha value is -2.87. The Bertz CT molecular complexity index is 708. The zero-order valence-electron chi connectivity index (χ0n) is 13.6. The van der Waals surface area contributed by atoms with Crippen LogP contribution in [0.25, 0.3) is 0 Å². The summed E-state index contributed by atoms with van der Waals surface area (Å²) in [6, 6.07) is 9.00. The highest BCUT2D eigenvalue weighted by Crippen LogP contribution is 2.18. The van der Waals surface area contributed by atoms with Gasteiger partial charge in [-0.15, -0.1) is 0 Å². The predicted molar refractivity (Wildman–Crippen MR) is 90.2 cm³/mol. The molecule has 2 aromatic rings. The maximum atomic E-state index is 12.6. The van der Waals surface area contributed by atoms with Crippen LogP contribution >= 0.6 is 0 Å². The second-order valence-electron chi connectivity index (χ2n) is 5.83. The number of nitro groups is 1. The van der Waals surface area contributed by atoms with Crippen LogP contribution in [-0.2, 0) is 11.3 Å². The number of amides is 2. The van der Waals surface area contributed by atoms with Crippen molar-refractivity contribution in [2.75, 3.05) is 18.5 Å². The molecule has 8 nitrogen and oxygen atoms in total. The lowest BCUT2D eigenvalue weighted by Gasteiger charge is -2.25. The lowest BCUT2D eigenvalue weighted by atomic mass is 10.2. The zero-order valence-corrected chi connectivity index (χ0v) is 13.6. The average molecular weight is 345 g/mol. The Kier molecular flexibility index (Phi) is 5.30. The van der Waals surface area contributed by atoms with Crippen LogP contribution in [0.15, 0.2) is 47.1 Å². The number of hydrogen-bond acceptors (Lipinski definition) is 5. The van der Waals surface area contributed by atoms with Crippen molar-refractivity contribution >= 4 is 17.4 Å². The topological polar surface area (TPSA) is 97.8 Å². The zero-order chi connectivity index (χ0) is 17.6. The lowest BCUT2D eigenvalue weighted by molar-refractivity contribution is -0.384. The van der Waals surface area contributed by atoms with Crippen molar-refractivity contribution < 1.29 is 18.9 Å². The smallest absolute Gasteiger partial charge is 0.322 e. The largest absolute Gasteiger partial charge is 0.467 e. The Morgan fingerprint density at radius 1 is 1.32 bits per heavy atom. The number of urea groups is 1. The van der Waals surface area contributed by atoms with Gasteiger partial charge in [0.15, 0.2) is 0 Å².